The minimum Gasteiger partial charge on any atom is -0.457 e. The zero-order valence-electron chi connectivity index (χ0n) is 9.89. The Morgan fingerprint density at radius 1 is 1.39 bits per heavy atom. The highest BCUT2D eigenvalue weighted by molar-refractivity contribution is 5.96. The molecule has 0 atom stereocenters. The molecular formula is C11H14N2O5. The molecule has 0 aliphatic rings. The van der Waals surface area contributed by atoms with Gasteiger partial charge in [-0.2, -0.15) is 0 Å². The molecule has 0 aromatic carbocycles. The second-order valence-corrected chi connectivity index (χ2v) is 3.36. The smallest absolute Gasteiger partial charge is 0.374 e. The molecular weight excluding hydrogens is 240 g/mol. The number of hydrogen-bond acceptors (Lipinski definition) is 5. The SMILES string of the molecule is CCCNC(=O)NC(=O)COC(=O)c1ccco1. The van der Waals surface area contributed by atoms with Gasteiger partial charge in [-0.05, 0) is 18.6 Å². The first kappa shape index (κ1) is 13.8. The number of furan rings is 1. The number of rotatable bonds is 5. The van der Waals surface area contributed by atoms with Crippen molar-refractivity contribution in [1.82, 2.24) is 10.6 Å². The molecule has 0 unspecified atom stereocenters. The molecule has 7 heteroatoms. The number of esters is 1. The molecule has 0 spiro atoms. The van der Waals surface area contributed by atoms with E-state index < -0.39 is 24.5 Å². The van der Waals surface area contributed by atoms with Crippen LogP contribution in [0.25, 0.3) is 0 Å². The summed E-state index contributed by atoms with van der Waals surface area (Å²) in [4.78, 5) is 33.6. The van der Waals surface area contributed by atoms with Gasteiger partial charge in [-0.1, -0.05) is 6.92 Å². The van der Waals surface area contributed by atoms with E-state index in [1.54, 1.807) is 0 Å². The van der Waals surface area contributed by atoms with Gasteiger partial charge in [0.15, 0.2) is 6.61 Å². The molecule has 18 heavy (non-hydrogen) atoms. The highest BCUT2D eigenvalue weighted by atomic mass is 16.5. The maximum Gasteiger partial charge on any atom is 0.374 e. The van der Waals surface area contributed by atoms with Crippen LogP contribution in [0, 0.1) is 0 Å². The first-order valence-corrected chi connectivity index (χ1v) is 5.41. The maximum absolute atomic E-state index is 11.3. The van der Waals surface area contributed by atoms with Crippen LogP contribution < -0.4 is 10.6 Å². The third-order valence-corrected chi connectivity index (χ3v) is 1.85. The molecule has 1 heterocycles. The van der Waals surface area contributed by atoms with E-state index in [9.17, 15) is 14.4 Å². The van der Waals surface area contributed by atoms with Gasteiger partial charge in [-0.25, -0.2) is 9.59 Å². The lowest BCUT2D eigenvalue weighted by molar-refractivity contribution is -0.123. The normalized spacial score (nSPS) is 9.61. The summed E-state index contributed by atoms with van der Waals surface area (Å²) >= 11 is 0. The Morgan fingerprint density at radius 2 is 2.17 bits per heavy atom. The molecule has 0 saturated heterocycles. The summed E-state index contributed by atoms with van der Waals surface area (Å²) in [7, 11) is 0. The van der Waals surface area contributed by atoms with Crippen molar-refractivity contribution in [3.05, 3.63) is 24.2 Å². The van der Waals surface area contributed by atoms with Crippen molar-refractivity contribution in [1.29, 1.82) is 0 Å². The van der Waals surface area contributed by atoms with Crippen LogP contribution in [0.15, 0.2) is 22.8 Å². The zero-order valence-corrected chi connectivity index (χ0v) is 9.89. The lowest BCUT2D eigenvalue weighted by atomic mass is 10.4. The monoisotopic (exact) mass is 254 g/mol. The zero-order chi connectivity index (χ0) is 13.4. The van der Waals surface area contributed by atoms with E-state index in [0.717, 1.165) is 6.42 Å². The van der Waals surface area contributed by atoms with Gasteiger partial charge in [0.25, 0.3) is 5.91 Å². The molecule has 1 rings (SSSR count). The number of ether oxygens (including phenoxy) is 1. The lowest BCUT2D eigenvalue weighted by Crippen LogP contribution is -2.41. The van der Waals surface area contributed by atoms with E-state index in [-0.39, 0.29) is 5.76 Å². The highest BCUT2D eigenvalue weighted by Gasteiger charge is 2.13. The van der Waals surface area contributed by atoms with Crippen molar-refractivity contribution in [2.24, 2.45) is 0 Å². The Bertz CT molecular complexity index is 413. The summed E-state index contributed by atoms with van der Waals surface area (Å²) in [5.74, 6) is -1.47. The van der Waals surface area contributed by atoms with Crippen molar-refractivity contribution in [2.75, 3.05) is 13.2 Å². The van der Waals surface area contributed by atoms with Gasteiger partial charge in [0.1, 0.15) is 0 Å². The first-order chi connectivity index (χ1) is 8.63. The van der Waals surface area contributed by atoms with E-state index in [0.29, 0.717) is 6.54 Å². The van der Waals surface area contributed by atoms with Crippen molar-refractivity contribution in [3.63, 3.8) is 0 Å². The summed E-state index contributed by atoms with van der Waals surface area (Å²) in [6.07, 6.45) is 2.07. The summed E-state index contributed by atoms with van der Waals surface area (Å²) in [6.45, 7) is 1.80. The van der Waals surface area contributed by atoms with Crippen molar-refractivity contribution >= 4 is 17.9 Å². The van der Waals surface area contributed by atoms with Crippen LogP contribution >= 0.6 is 0 Å². The van der Waals surface area contributed by atoms with Gasteiger partial charge in [0.05, 0.1) is 6.26 Å². The van der Waals surface area contributed by atoms with E-state index in [1.807, 2.05) is 12.2 Å². The Balaban J connectivity index is 2.25. The number of nitrogens with one attached hydrogen (secondary N) is 2. The molecule has 0 fully saturated rings. The fourth-order valence-corrected chi connectivity index (χ4v) is 1.04. The molecule has 0 aliphatic heterocycles. The fourth-order valence-electron chi connectivity index (χ4n) is 1.04. The Morgan fingerprint density at radius 3 is 2.78 bits per heavy atom. The van der Waals surface area contributed by atoms with Crippen LogP contribution in [-0.4, -0.2) is 31.1 Å². The highest BCUT2D eigenvalue weighted by Crippen LogP contribution is 2.01. The predicted molar refractivity (Wildman–Crippen MR) is 60.8 cm³/mol. The molecule has 0 radical (unpaired) electrons. The summed E-state index contributed by atoms with van der Waals surface area (Å²) in [6, 6.07) is 2.32. The average molecular weight is 254 g/mol. The Hall–Kier alpha value is -2.31. The molecule has 0 saturated carbocycles. The number of carbonyl (C=O) groups excluding carboxylic acids is 3. The molecule has 2 N–H and O–H groups in total. The molecule has 1 aromatic heterocycles. The van der Waals surface area contributed by atoms with E-state index in [4.69, 9.17) is 4.42 Å². The summed E-state index contributed by atoms with van der Waals surface area (Å²) in [5.41, 5.74) is 0. The molecule has 98 valence electrons. The lowest BCUT2D eigenvalue weighted by Gasteiger charge is -2.05. The second-order valence-electron chi connectivity index (χ2n) is 3.36. The van der Waals surface area contributed by atoms with E-state index >= 15 is 0 Å². The summed E-state index contributed by atoms with van der Waals surface area (Å²) < 4.78 is 9.41. The van der Waals surface area contributed by atoms with Gasteiger partial charge in [0.2, 0.25) is 5.76 Å². The number of hydrogen-bond donors (Lipinski definition) is 2. The van der Waals surface area contributed by atoms with Gasteiger partial charge < -0.3 is 14.5 Å². The topological polar surface area (TPSA) is 97.6 Å². The quantitative estimate of drug-likeness (QED) is 0.753. The van der Waals surface area contributed by atoms with Crippen molar-refractivity contribution < 1.29 is 23.5 Å². The van der Waals surface area contributed by atoms with Crippen LogP contribution in [0.3, 0.4) is 0 Å². The molecule has 0 bridgehead atoms. The standard InChI is InChI=1S/C11H14N2O5/c1-2-5-12-11(16)13-9(14)7-18-10(15)8-4-3-6-17-8/h3-4,6H,2,5,7H2,1H3,(H2,12,13,14,16). The van der Waals surface area contributed by atoms with Crippen LogP contribution in [0.4, 0.5) is 4.79 Å². The van der Waals surface area contributed by atoms with E-state index in [1.165, 1.54) is 18.4 Å². The average Bonchev–Trinajstić information content (AvgIpc) is 2.87. The maximum atomic E-state index is 11.3. The first-order valence-electron chi connectivity index (χ1n) is 5.41. The van der Waals surface area contributed by atoms with Crippen LogP contribution in [0.5, 0.6) is 0 Å². The van der Waals surface area contributed by atoms with Crippen LogP contribution in [-0.2, 0) is 9.53 Å². The second kappa shape index (κ2) is 7.10. The fraction of sp³-hybridized carbons (Fsp3) is 0.364. The molecule has 7 nitrogen and oxygen atoms in total. The Labute approximate surface area is 103 Å². The number of carbonyl (C=O) groups is 3. The van der Waals surface area contributed by atoms with Crippen molar-refractivity contribution in [2.45, 2.75) is 13.3 Å². The van der Waals surface area contributed by atoms with E-state index in [2.05, 4.69) is 10.1 Å². The largest absolute Gasteiger partial charge is 0.457 e. The van der Waals surface area contributed by atoms with Gasteiger partial charge in [-0.3, -0.25) is 10.1 Å². The summed E-state index contributed by atoms with van der Waals surface area (Å²) in [5, 5.41) is 4.47. The van der Waals surface area contributed by atoms with Gasteiger partial charge in [-0.15, -0.1) is 0 Å². The Kier molecular flexibility index (Phi) is 5.43. The minimum absolute atomic E-state index is 0.00163. The number of imide groups is 1. The minimum atomic E-state index is -0.760. The van der Waals surface area contributed by atoms with Gasteiger partial charge >= 0.3 is 12.0 Å². The third-order valence-electron chi connectivity index (χ3n) is 1.85. The molecule has 0 aliphatic carbocycles. The number of amides is 3. The van der Waals surface area contributed by atoms with Gasteiger partial charge in [0, 0.05) is 6.54 Å². The van der Waals surface area contributed by atoms with Crippen LogP contribution in [0.2, 0.25) is 0 Å². The molecule has 3 amide bonds. The third kappa shape index (κ3) is 4.69. The molecule has 1 aromatic rings. The van der Waals surface area contributed by atoms with Crippen LogP contribution in [0.1, 0.15) is 23.9 Å². The van der Waals surface area contributed by atoms with Crippen molar-refractivity contribution in [3.8, 4) is 0 Å². The number of urea groups is 1. The predicted octanol–water partition coefficient (Wildman–Crippen LogP) is 0.672.